The van der Waals surface area contributed by atoms with Crippen molar-refractivity contribution in [2.45, 2.75) is 40.0 Å². The van der Waals surface area contributed by atoms with Gasteiger partial charge in [0.25, 0.3) is 0 Å². The van der Waals surface area contributed by atoms with Crippen LogP contribution >= 0.6 is 0 Å². The van der Waals surface area contributed by atoms with E-state index in [0.717, 1.165) is 24.8 Å². The summed E-state index contributed by atoms with van der Waals surface area (Å²) in [6.45, 7) is 6.29. The standard InChI is InChI=1S/C10H16O/c1-7(2)10-8(3)5-4-6-9(10)11/h7H,4-6H2,1-3H3. The van der Waals surface area contributed by atoms with Crippen LogP contribution < -0.4 is 0 Å². The minimum atomic E-state index is 0.378. The van der Waals surface area contributed by atoms with Crippen LogP contribution in [0.15, 0.2) is 11.1 Å². The van der Waals surface area contributed by atoms with Gasteiger partial charge in [-0.3, -0.25) is 4.79 Å². The van der Waals surface area contributed by atoms with E-state index in [1.807, 2.05) is 0 Å². The van der Waals surface area contributed by atoms with Crippen LogP contribution in [0.25, 0.3) is 0 Å². The maximum absolute atomic E-state index is 11.4. The van der Waals surface area contributed by atoms with Crippen molar-refractivity contribution in [3.63, 3.8) is 0 Å². The molecule has 0 radical (unpaired) electrons. The first-order valence-corrected chi connectivity index (χ1v) is 4.35. The van der Waals surface area contributed by atoms with Crippen LogP contribution in [-0.2, 0) is 4.79 Å². The monoisotopic (exact) mass is 152 g/mol. The lowest BCUT2D eigenvalue weighted by Crippen LogP contribution is -2.14. The highest BCUT2D eigenvalue weighted by molar-refractivity contribution is 5.97. The van der Waals surface area contributed by atoms with Gasteiger partial charge >= 0.3 is 0 Å². The molecule has 0 fully saturated rings. The fourth-order valence-corrected chi connectivity index (χ4v) is 1.84. The fraction of sp³-hybridized carbons (Fsp3) is 0.700. The normalized spacial score (nSPS) is 19.8. The van der Waals surface area contributed by atoms with Gasteiger partial charge in [-0.2, -0.15) is 0 Å². The Bertz CT molecular complexity index is 199. The predicted octanol–water partition coefficient (Wildman–Crippen LogP) is 2.71. The molecule has 0 atom stereocenters. The summed E-state index contributed by atoms with van der Waals surface area (Å²) in [5.74, 6) is 0.798. The van der Waals surface area contributed by atoms with Crippen LogP contribution in [0.3, 0.4) is 0 Å². The largest absolute Gasteiger partial charge is 0.295 e. The maximum atomic E-state index is 11.4. The summed E-state index contributed by atoms with van der Waals surface area (Å²) < 4.78 is 0. The van der Waals surface area contributed by atoms with E-state index >= 15 is 0 Å². The van der Waals surface area contributed by atoms with Crippen LogP contribution in [0.5, 0.6) is 0 Å². The molecule has 1 nitrogen and oxygen atoms in total. The quantitative estimate of drug-likeness (QED) is 0.564. The average Bonchev–Trinajstić information content (AvgIpc) is 1.85. The molecule has 0 saturated carbocycles. The van der Waals surface area contributed by atoms with Crippen LogP contribution in [0.4, 0.5) is 0 Å². The summed E-state index contributed by atoms with van der Waals surface area (Å²) in [4.78, 5) is 11.4. The maximum Gasteiger partial charge on any atom is 0.159 e. The van der Waals surface area contributed by atoms with Crippen molar-refractivity contribution in [2.24, 2.45) is 5.92 Å². The van der Waals surface area contributed by atoms with Crippen LogP contribution in [0.2, 0.25) is 0 Å². The number of ketones is 1. The average molecular weight is 152 g/mol. The molecule has 0 aromatic rings. The SMILES string of the molecule is CC1=C(C(C)C)C(=O)CCC1. The smallest absolute Gasteiger partial charge is 0.159 e. The molecule has 0 amide bonds. The summed E-state index contributed by atoms with van der Waals surface area (Å²) in [5, 5.41) is 0. The number of carbonyl (C=O) groups is 1. The molecular formula is C10H16O. The lowest BCUT2D eigenvalue weighted by Gasteiger charge is -2.19. The van der Waals surface area contributed by atoms with E-state index in [2.05, 4.69) is 20.8 Å². The van der Waals surface area contributed by atoms with Gasteiger partial charge in [-0.05, 0) is 31.3 Å². The number of hydrogen-bond acceptors (Lipinski definition) is 1. The van der Waals surface area contributed by atoms with Gasteiger partial charge < -0.3 is 0 Å². The van der Waals surface area contributed by atoms with E-state index in [1.165, 1.54) is 5.57 Å². The van der Waals surface area contributed by atoms with Gasteiger partial charge in [0, 0.05) is 6.42 Å². The van der Waals surface area contributed by atoms with E-state index in [-0.39, 0.29) is 0 Å². The highest BCUT2D eigenvalue weighted by Crippen LogP contribution is 2.26. The van der Waals surface area contributed by atoms with E-state index in [1.54, 1.807) is 0 Å². The summed E-state index contributed by atoms with van der Waals surface area (Å²) >= 11 is 0. The molecule has 11 heavy (non-hydrogen) atoms. The third-order valence-electron chi connectivity index (χ3n) is 2.29. The number of allylic oxidation sites excluding steroid dienone is 2. The molecule has 0 saturated heterocycles. The summed E-state index contributed by atoms with van der Waals surface area (Å²) in [6, 6.07) is 0. The van der Waals surface area contributed by atoms with Crippen molar-refractivity contribution in [3.8, 4) is 0 Å². The topological polar surface area (TPSA) is 17.1 Å². The van der Waals surface area contributed by atoms with Gasteiger partial charge in [-0.15, -0.1) is 0 Å². The van der Waals surface area contributed by atoms with E-state index < -0.39 is 0 Å². The molecule has 0 bridgehead atoms. The summed E-state index contributed by atoms with van der Waals surface area (Å²) in [7, 11) is 0. The van der Waals surface area contributed by atoms with Gasteiger partial charge in [0.1, 0.15) is 0 Å². The molecule has 0 aromatic carbocycles. The van der Waals surface area contributed by atoms with Crippen molar-refractivity contribution in [1.82, 2.24) is 0 Å². The highest BCUT2D eigenvalue weighted by Gasteiger charge is 2.19. The van der Waals surface area contributed by atoms with Crippen molar-refractivity contribution in [2.75, 3.05) is 0 Å². The second-order valence-electron chi connectivity index (χ2n) is 3.63. The Kier molecular flexibility index (Phi) is 2.48. The van der Waals surface area contributed by atoms with E-state index in [4.69, 9.17) is 0 Å². The molecule has 0 N–H and O–H groups in total. The molecule has 1 heteroatoms. The molecule has 0 aromatic heterocycles. The molecule has 1 rings (SSSR count). The van der Waals surface area contributed by atoms with Gasteiger partial charge in [-0.1, -0.05) is 19.4 Å². The molecule has 0 heterocycles. The number of carbonyl (C=O) groups excluding carboxylic acids is 1. The van der Waals surface area contributed by atoms with Gasteiger partial charge in [0.2, 0.25) is 0 Å². The Morgan fingerprint density at radius 3 is 2.27 bits per heavy atom. The van der Waals surface area contributed by atoms with Crippen molar-refractivity contribution >= 4 is 5.78 Å². The number of rotatable bonds is 1. The first-order chi connectivity index (χ1) is 5.13. The minimum absolute atomic E-state index is 0.378. The molecule has 1 aliphatic rings. The lowest BCUT2D eigenvalue weighted by atomic mass is 9.85. The first-order valence-electron chi connectivity index (χ1n) is 4.35. The van der Waals surface area contributed by atoms with Crippen molar-refractivity contribution < 1.29 is 4.79 Å². The Labute approximate surface area is 68.5 Å². The van der Waals surface area contributed by atoms with Gasteiger partial charge in [0.05, 0.1) is 0 Å². The second kappa shape index (κ2) is 3.21. The lowest BCUT2D eigenvalue weighted by molar-refractivity contribution is -0.116. The Balaban J connectivity index is 2.91. The van der Waals surface area contributed by atoms with Crippen LogP contribution in [0.1, 0.15) is 40.0 Å². The van der Waals surface area contributed by atoms with E-state index in [0.29, 0.717) is 11.7 Å². The molecule has 0 unspecified atom stereocenters. The second-order valence-corrected chi connectivity index (χ2v) is 3.63. The summed E-state index contributed by atoms with van der Waals surface area (Å²) in [6.07, 6.45) is 2.95. The van der Waals surface area contributed by atoms with Gasteiger partial charge in [0.15, 0.2) is 5.78 Å². The minimum Gasteiger partial charge on any atom is -0.295 e. The summed E-state index contributed by atoms with van der Waals surface area (Å²) in [5.41, 5.74) is 2.41. The molecule has 1 aliphatic carbocycles. The Hall–Kier alpha value is -0.590. The highest BCUT2D eigenvalue weighted by atomic mass is 16.1. The fourth-order valence-electron chi connectivity index (χ4n) is 1.84. The number of Topliss-reactive ketones (excluding diaryl/α,β-unsaturated/α-hetero) is 1. The van der Waals surface area contributed by atoms with Crippen molar-refractivity contribution in [3.05, 3.63) is 11.1 Å². The Morgan fingerprint density at radius 2 is 1.91 bits per heavy atom. The molecule has 62 valence electrons. The zero-order chi connectivity index (χ0) is 8.43. The third kappa shape index (κ3) is 1.70. The third-order valence-corrected chi connectivity index (χ3v) is 2.29. The van der Waals surface area contributed by atoms with Gasteiger partial charge in [-0.25, -0.2) is 0 Å². The zero-order valence-electron chi connectivity index (χ0n) is 7.61. The number of hydrogen-bond donors (Lipinski definition) is 0. The van der Waals surface area contributed by atoms with Crippen LogP contribution in [0, 0.1) is 5.92 Å². The van der Waals surface area contributed by atoms with E-state index in [9.17, 15) is 4.79 Å². The predicted molar refractivity (Wildman–Crippen MR) is 46.4 cm³/mol. The van der Waals surface area contributed by atoms with Crippen molar-refractivity contribution in [1.29, 1.82) is 0 Å². The molecular weight excluding hydrogens is 136 g/mol. The molecule has 0 aliphatic heterocycles. The first kappa shape index (κ1) is 8.51. The molecule has 0 spiro atoms. The Morgan fingerprint density at radius 1 is 1.27 bits per heavy atom. The van der Waals surface area contributed by atoms with Crippen LogP contribution in [-0.4, -0.2) is 5.78 Å². The zero-order valence-corrected chi connectivity index (χ0v) is 7.61.